The smallest absolute Gasteiger partial charge is 0.338 e. The normalized spacial score (nSPS) is 10.7. The molecule has 0 aliphatic carbocycles. The third kappa shape index (κ3) is 4.33. The molecule has 2 aromatic heterocycles. The van der Waals surface area contributed by atoms with Gasteiger partial charge in [0.1, 0.15) is 17.3 Å². The van der Waals surface area contributed by atoms with Crippen molar-refractivity contribution in [3.8, 4) is 17.1 Å². The lowest BCUT2D eigenvalue weighted by atomic mass is 10.2. The lowest BCUT2D eigenvalue weighted by Crippen LogP contribution is -2.28. The van der Waals surface area contributed by atoms with Gasteiger partial charge in [-0.05, 0) is 54.6 Å². The number of furan rings is 1. The minimum atomic E-state index is -0.592. The molecule has 0 radical (unpaired) electrons. The van der Waals surface area contributed by atoms with Gasteiger partial charge in [0.25, 0.3) is 5.91 Å². The van der Waals surface area contributed by atoms with Gasteiger partial charge in [0.05, 0.1) is 36.5 Å². The Bertz CT molecular complexity index is 1160. The van der Waals surface area contributed by atoms with E-state index in [1.807, 2.05) is 24.3 Å². The summed E-state index contributed by atoms with van der Waals surface area (Å²) in [5.74, 6) is 1.05. The largest absolute Gasteiger partial charge is 0.497 e. The fourth-order valence-corrected chi connectivity index (χ4v) is 2.89. The molecule has 0 unspecified atom stereocenters. The summed E-state index contributed by atoms with van der Waals surface area (Å²) in [7, 11) is 1.61. The number of fused-ring (bicyclic) bond motifs is 1. The molecule has 0 bridgehead atoms. The van der Waals surface area contributed by atoms with Crippen molar-refractivity contribution >= 4 is 22.9 Å². The van der Waals surface area contributed by atoms with E-state index in [1.165, 1.54) is 6.26 Å². The zero-order valence-corrected chi connectivity index (χ0v) is 16.2. The van der Waals surface area contributed by atoms with Crippen molar-refractivity contribution in [2.45, 2.75) is 6.54 Å². The molecule has 0 saturated carbocycles. The second-order valence-corrected chi connectivity index (χ2v) is 6.48. The Morgan fingerprint density at radius 1 is 1.13 bits per heavy atom. The van der Waals surface area contributed by atoms with E-state index in [2.05, 4.69) is 15.3 Å². The second kappa shape index (κ2) is 8.52. The van der Waals surface area contributed by atoms with E-state index in [9.17, 15) is 9.59 Å². The van der Waals surface area contributed by atoms with Crippen molar-refractivity contribution in [2.75, 3.05) is 13.7 Å². The van der Waals surface area contributed by atoms with Crippen molar-refractivity contribution in [1.82, 2.24) is 15.3 Å². The van der Waals surface area contributed by atoms with Crippen LogP contribution < -0.4 is 10.1 Å². The topological polar surface area (TPSA) is 106 Å². The van der Waals surface area contributed by atoms with E-state index in [4.69, 9.17) is 13.9 Å². The summed E-state index contributed by atoms with van der Waals surface area (Å²) in [6.45, 7) is -0.144. The van der Waals surface area contributed by atoms with Crippen LogP contribution in [0.25, 0.3) is 22.4 Å². The summed E-state index contributed by atoms with van der Waals surface area (Å²) in [4.78, 5) is 31.9. The number of hydrogen-bond acceptors (Lipinski definition) is 6. The highest BCUT2D eigenvalue weighted by Gasteiger charge is 2.13. The number of aromatic amines is 1. The molecule has 4 rings (SSSR count). The number of nitrogens with zero attached hydrogens (tertiary/aromatic N) is 1. The van der Waals surface area contributed by atoms with Gasteiger partial charge in [0.15, 0.2) is 6.61 Å². The molecule has 0 atom stereocenters. The number of rotatable bonds is 7. The molecule has 1 amide bonds. The van der Waals surface area contributed by atoms with Crippen LogP contribution in [0, 0.1) is 0 Å². The summed E-state index contributed by atoms with van der Waals surface area (Å²) >= 11 is 0. The zero-order chi connectivity index (χ0) is 20.9. The van der Waals surface area contributed by atoms with Gasteiger partial charge >= 0.3 is 5.97 Å². The minimum Gasteiger partial charge on any atom is -0.497 e. The summed E-state index contributed by atoms with van der Waals surface area (Å²) in [6, 6.07) is 16.0. The molecule has 152 valence electrons. The monoisotopic (exact) mass is 405 g/mol. The van der Waals surface area contributed by atoms with Crippen LogP contribution in [0.4, 0.5) is 0 Å². The molecule has 0 aliphatic rings. The molecular formula is C22H19N3O5. The Morgan fingerprint density at radius 3 is 2.70 bits per heavy atom. The van der Waals surface area contributed by atoms with Crippen LogP contribution in [-0.4, -0.2) is 35.6 Å². The summed E-state index contributed by atoms with van der Waals surface area (Å²) in [5, 5.41) is 2.62. The number of benzene rings is 2. The molecular weight excluding hydrogens is 386 g/mol. The lowest BCUT2D eigenvalue weighted by molar-refractivity contribution is -0.124. The van der Waals surface area contributed by atoms with Gasteiger partial charge in [-0.2, -0.15) is 0 Å². The van der Waals surface area contributed by atoms with Crippen molar-refractivity contribution in [3.63, 3.8) is 0 Å². The Hall–Kier alpha value is -4.07. The van der Waals surface area contributed by atoms with E-state index in [0.717, 1.165) is 11.3 Å². The van der Waals surface area contributed by atoms with Crippen LogP contribution in [-0.2, 0) is 16.1 Å². The van der Waals surface area contributed by atoms with Crippen molar-refractivity contribution in [2.24, 2.45) is 0 Å². The molecule has 8 heteroatoms. The van der Waals surface area contributed by atoms with E-state index in [-0.39, 0.29) is 13.2 Å². The molecule has 2 aromatic carbocycles. The quantitative estimate of drug-likeness (QED) is 0.457. The Labute approximate surface area is 171 Å². The molecule has 0 spiro atoms. The van der Waals surface area contributed by atoms with Crippen LogP contribution in [0.3, 0.4) is 0 Å². The predicted molar refractivity (Wildman–Crippen MR) is 109 cm³/mol. The minimum absolute atomic E-state index is 0.234. The first-order valence-electron chi connectivity index (χ1n) is 9.23. The average Bonchev–Trinajstić information content (AvgIpc) is 3.45. The van der Waals surface area contributed by atoms with Crippen LogP contribution in [0.15, 0.2) is 65.3 Å². The van der Waals surface area contributed by atoms with Gasteiger partial charge in [0.2, 0.25) is 0 Å². The molecule has 4 aromatic rings. The van der Waals surface area contributed by atoms with Gasteiger partial charge in [-0.3, -0.25) is 4.79 Å². The fourth-order valence-electron chi connectivity index (χ4n) is 2.89. The Kier molecular flexibility index (Phi) is 5.47. The number of imidazole rings is 1. The van der Waals surface area contributed by atoms with Gasteiger partial charge < -0.3 is 24.2 Å². The van der Waals surface area contributed by atoms with Crippen LogP contribution in [0.5, 0.6) is 5.75 Å². The number of hydrogen-bond donors (Lipinski definition) is 2. The maximum Gasteiger partial charge on any atom is 0.338 e. The molecule has 2 N–H and O–H groups in total. The molecule has 0 saturated heterocycles. The average molecular weight is 405 g/mol. The highest BCUT2D eigenvalue weighted by atomic mass is 16.5. The van der Waals surface area contributed by atoms with Crippen LogP contribution >= 0.6 is 0 Å². The third-order valence-corrected chi connectivity index (χ3v) is 4.46. The first kappa shape index (κ1) is 19.3. The highest BCUT2D eigenvalue weighted by molar-refractivity contribution is 5.95. The molecule has 0 aliphatic heterocycles. The van der Waals surface area contributed by atoms with Gasteiger partial charge in [0, 0.05) is 5.56 Å². The summed E-state index contributed by atoms with van der Waals surface area (Å²) in [5.41, 5.74) is 2.63. The maximum atomic E-state index is 12.3. The van der Waals surface area contributed by atoms with Crippen molar-refractivity contribution in [1.29, 1.82) is 0 Å². The molecule has 0 fully saturated rings. The summed E-state index contributed by atoms with van der Waals surface area (Å²) < 4.78 is 15.4. The predicted octanol–water partition coefficient (Wildman–Crippen LogP) is 3.30. The van der Waals surface area contributed by atoms with Gasteiger partial charge in [-0.15, -0.1) is 0 Å². The molecule has 2 heterocycles. The fraction of sp³-hybridized carbons (Fsp3) is 0.136. The highest BCUT2D eigenvalue weighted by Crippen LogP contribution is 2.23. The number of carbonyl (C=O) groups excluding carboxylic acids is 2. The summed E-state index contributed by atoms with van der Waals surface area (Å²) in [6.07, 6.45) is 1.52. The number of methoxy groups -OCH3 is 1. The Morgan fingerprint density at radius 2 is 1.97 bits per heavy atom. The first-order valence-corrected chi connectivity index (χ1v) is 9.23. The van der Waals surface area contributed by atoms with Gasteiger partial charge in [-0.25, -0.2) is 9.78 Å². The first-order chi connectivity index (χ1) is 14.6. The number of amides is 1. The second-order valence-electron chi connectivity index (χ2n) is 6.48. The van der Waals surface area contributed by atoms with Crippen molar-refractivity contribution in [3.05, 3.63) is 72.2 Å². The number of carbonyl (C=O) groups is 2. The Balaban J connectivity index is 1.39. The number of aromatic nitrogens is 2. The molecule has 30 heavy (non-hydrogen) atoms. The van der Waals surface area contributed by atoms with Crippen LogP contribution in [0.2, 0.25) is 0 Å². The van der Waals surface area contributed by atoms with Crippen LogP contribution in [0.1, 0.15) is 16.1 Å². The number of H-pyrrole nitrogens is 1. The van der Waals surface area contributed by atoms with E-state index in [1.54, 1.807) is 37.4 Å². The number of ether oxygens (including phenoxy) is 2. The standard InChI is InChI=1S/C22H19N3O5/c1-28-16-7-4-14(5-8-16)21-24-18-9-6-15(11-19(18)25-21)22(27)30-13-20(26)23-12-17-3-2-10-29-17/h2-11H,12-13H2,1H3,(H,23,26)(H,24,25). The molecule has 8 nitrogen and oxygen atoms in total. The van der Waals surface area contributed by atoms with Gasteiger partial charge in [-0.1, -0.05) is 0 Å². The number of esters is 1. The maximum absolute atomic E-state index is 12.3. The van der Waals surface area contributed by atoms with Crippen molar-refractivity contribution < 1.29 is 23.5 Å². The third-order valence-electron chi connectivity index (χ3n) is 4.46. The zero-order valence-electron chi connectivity index (χ0n) is 16.2. The van der Waals surface area contributed by atoms with E-state index in [0.29, 0.717) is 28.2 Å². The van der Waals surface area contributed by atoms with E-state index < -0.39 is 11.9 Å². The lowest BCUT2D eigenvalue weighted by Gasteiger charge is -2.05. The SMILES string of the molecule is COc1ccc(-c2nc3ccc(C(=O)OCC(=O)NCc4ccco4)cc3[nH]2)cc1. The van der Waals surface area contributed by atoms with E-state index >= 15 is 0 Å². The number of nitrogens with one attached hydrogen (secondary N) is 2.